The monoisotopic (exact) mass is 289 g/mol. The molecular weight excluding hydrogens is 270 g/mol. The predicted molar refractivity (Wildman–Crippen MR) is 80.1 cm³/mol. The van der Waals surface area contributed by atoms with Crippen LogP contribution in [0.25, 0.3) is 0 Å². The van der Waals surface area contributed by atoms with E-state index < -0.39 is 0 Å². The first-order valence-electron chi connectivity index (χ1n) is 6.85. The van der Waals surface area contributed by atoms with Crippen LogP contribution in [-0.4, -0.2) is 42.2 Å². The molecule has 7 nitrogen and oxygen atoms in total. The van der Waals surface area contributed by atoms with Gasteiger partial charge in [-0.25, -0.2) is 0 Å². The Bertz CT molecular complexity index is 638. The molecule has 21 heavy (non-hydrogen) atoms. The molecule has 2 heterocycles. The SMILES string of the molecule is CN(C)c1nnc(NCCc2cccc3c2OCO3)n1C. The fraction of sp³-hybridized carbons (Fsp3) is 0.429. The van der Waals surface area contributed by atoms with Crippen molar-refractivity contribution in [2.24, 2.45) is 7.05 Å². The lowest BCUT2D eigenvalue weighted by Crippen LogP contribution is -2.15. The van der Waals surface area contributed by atoms with Crippen molar-refractivity contribution >= 4 is 11.9 Å². The summed E-state index contributed by atoms with van der Waals surface area (Å²) in [6.07, 6.45) is 0.830. The summed E-state index contributed by atoms with van der Waals surface area (Å²) in [4.78, 5) is 1.92. The summed E-state index contributed by atoms with van der Waals surface area (Å²) in [6, 6.07) is 5.96. The van der Waals surface area contributed by atoms with E-state index in [1.807, 2.05) is 42.7 Å². The molecular formula is C14H19N5O2. The molecule has 1 aliphatic rings. The zero-order valence-electron chi connectivity index (χ0n) is 12.5. The minimum Gasteiger partial charge on any atom is -0.454 e. The molecule has 0 atom stereocenters. The maximum absolute atomic E-state index is 5.50. The highest BCUT2D eigenvalue weighted by molar-refractivity contribution is 5.48. The summed E-state index contributed by atoms with van der Waals surface area (Å²) in [5.41, 5.74) is 1.13. The van der Waals surface area contributed by atoms with Gasteiger partial charge in [0.1, 0.15) is 0 Å². The molecule has 0 amide bonds. The van der Waals surface area contributed by atoms with Crippen molar-refractivity contribution < 1.29 is 9.47 Å². The van der Waals surface area contributed by atoms with Crippen molar-refractivity contribution in [1.82, 2.24) is 14.8 Å². The fourth-order valence-corrected chi connectivity index (χ4v) is 2.36. The second kappa shape index (κ2) is 5.51. The smallest absolute Gasteiger partial charge is 0.231 e. The lowest BCUT2D eigenvalue weighted by atomic mass is 10.1. The second-order valence-electron chi connectivity index (χ2n) is 5.10. The molecule has 1 N–H and O–H groups in total. The molecule has 2 aromatic rings. The van der Waals surface area contributed by atoms with Crippen molar-refractivity contribution in [3.8, 4) is 11.5 Å². The van der Waals surface area contributed by atoms with Gasteiger partial charge >= 0.3 is 0 Å². The first kappa shape index (κ1) is 13.5. The summed E-state index contributed by atoms with van der Waals surface area (Å²) in [6.45, 7) is 1.05. The maximum Gasteiger partial charge on any atom is 0.231 e. The normalized spacial score (nSPS) is 12.5. The Kier molecular flexibility index (Phi) is 3.55. The van der Waals surface area contributed by atoms with Crippen LogP contribution in [0.5, 0.6) is 11.5 Å². The largest absolute Gasteiger partial charge is 0.454 e. The van der Waals surface area contributed by atoms with E-state index in [1.54, 1.807) is 0 Å². The van der Waals surface area contributed by atoms with Gasteiger partial charge in [-0.1, -0.05) is 12.1 Å². The molecule has 1 aromatic carbocycles. The molecule has 0 fully saturated rings. The second-order valence-corrected chi connectivity index (χ2v) is 5.10. The van der Waals surface area contributed by atoms with Crippen LogP contribution in [0.4, 0.5) is 11.9 Å². The third kappa shape index (κ3) is 2.58. The molecule has 0 aliphatic carbocycles. The Morgan fingerprint density at radius 3 is 2.90 bits per heavy atom. The number of nitrogens with one attached hydrogen (secondary N) is 1. The lowest BCUT2D eigenvalue weighted by Gasteiger charge is -2.11. The molecule has 0 unspecified atom stereocenters. The van der Waals surface area contributed by atoms with Gasteiger partial charge in [-0.2, -0.15) is 0 Å². The van der Waals surface area contributed by atoms with Gasteiger partial charge in [0.2, 0.25) is 18.7 Å². The molecule has 0 radical (unpaired) electrons. The average Bonchev–Trinajstić information content (AvgIpc) is 3.06. The van der Waals surface area contributed by atoms with Crippen LogP contribution in [0, 0.1) is 0 Å². The van der Waals surface area contributed by atoms with Crippen molar-refractivity contribution in [3.63, 3.8) is 0 Å². The standard InChI is InChI=1S/C14H19N5O2/c1-18(2)14-17-16-13(19(14)3)15-8-7-10-5-4-6-11-12(10)21-9-20-11/h4-6H,7-9H2,1-3H3,(H,15,16). The van der Waals surface area contributed by atoms with Gasteiger partial charge in [-0.15, -0.1) is 10.2 Å². The van der Waals surface area contributed by atoms with Crippen molar-refractivity contribution in [2.75, 3.05) is 37.6 Å². The Balaban J connectivity index is 1.63. The van der Waals surface area contributed by atoms with Crippen molar-refractivity contribution in [3.05, 3.63) is 23.8 Å². The van der Waals surface area contributed by atoms with Gasteiger partial charge in [-0.3, -0.25) is 4.57 Å². The number of hydrogen-bond acceptors (Lipinski definition) is 6. The lowest BCUT2D eigenvalue weighted by molar-refractivity contribution is 0.173. The number of rotatable bonds is 5. The number of hydrogen-bond donors (Lipinski definition) is 1. The van der Waals surface area contributed by atoms with Gasteiger partial charge < -0.3 is 19.7 Å². The maximum atomic E-state index is 5.50. The molecule has 0 spiro atoms. The summed E-state index contributed by atoms with van der Waals surface area (Å²) in [5, 5.41) is 11.6. The Labute approximate surface area is 123 Å². The fourth-order valence-electron chi connectivity index (χ4n) is 2.36. The van der Waals surface area contributed by atoms with E-state index in [0.717, 1.165) is 41.9 Å². The summed E-state index contributed by atoms with van der Waals surface area (Å²) in [7, 11) is 5.83. The number of aromatic nitrogens is 3. The molecule has 7 heteroatoms. The van der Waals surface area contributed by atoms with Gasteiger partial charge in [0.05, 0.1) is 0 Å². The van der Waals surface area contributed by atoms with Gasteiger partial charge in [0, 0.05) is 27.7 Å². The van der Waals surface area contributed by atoms with Crippen molar-refractivity contribution in [1.29, 1.82) is 0 Å². The predicted octanol–water partition coefficient (Wildman–Crippen LogP) is 1.26. The number of para-hydroxylation sites is 1. The zero-order chi connectivity index (χ0) is 14.8. The van der Waals surface area contributed by atoms with Crippen LogP contribution in [0.3, 0.4) is 0 Å². The molecule has 3 rings (SSSR count). The first-order valence-corrected chi connectivity index (χ1v) is 6.85. The number of ether oxygens (including phenoxy) is 2. The van der Waals surface area contributed by atoms with Crippen LogP contribution < -0.4 is 19.7 Å². The van der Waals surface area contributed by atoms with Crippen LogP contribution in [0.2, 0.25) is 0 Å². The highest BCUT2D eigenvalue weighted by Crippen LogP contribution is 2.35. The number of fused-ring (bicyclic) bond motifs is 1. The van der Waals surface area contributed by atoms with E-state index >= 15 is 0 Å². The third-order valence-electron chi connectivity index (χ3n) is 3.41. The molecule has 112 valence electrons. The molecule has 1 aliphatic heterocycles. The van der Waals surface area contributed by atoms with Crippen LogP contribution >= 0.6 is 0 Å². The summed E-state index contributed by atoms with van der Waals surface area (Å²) >= 11 is 0. The van der Waals surface area contributed by atoms with E-state index in [1.165, 1.54) is 0 Å². The third-order valence-corrected chi connectivity index (χ3v) is 3.41. The Hall–Kier alpha value is -2.44. The van der Waals surface area contributed by atoms with E-state index in [2.05, 4.69) is 21.6 Å². The first-order chi connectivity index (χ1) is 10.2. The molecule has 1 aromatic heterocycles. The molecule has 0 saturated carbocycles. The minimum absolute atomic E-state index is 0.301. The molecule has 0 bridgehead atoms. The Morgan fingerprint density at radius 1 is 1.29 bits per heavy atom. The van der Waals surface area contributed by atoms with E-state index in [4.69, 9.17) is 9.47 Å². The van der Waals surface area contributed by atoms with Crippen molar-refractivity contribution in [2.45, 2.75) is 6.42 Å². The minimum atomic E-state index is 0.301. The Morgan fingerprint density at radius 2 is 2.14 bits per heavy atom. The van der Waals surface area contributed by atoms with Gasteiger partial charge in [0.25, 0.3) is 0 Å². The highest BCUT2D eigenvalue weighted by Gasteiger charge is 2.17. The number of anilines is 2. The topological polar surface area (TPSA) is 64.4 Å². The van der Waals surface area contributed by atoms with Gasteiger partial charge in [0.15, 0.2) is 11.5 Å². The van der Waals surface area contributed by atoms with E-state index in [-0.39, 0.29) is 0 Å². The summed E-state index contributed by atoms with van der Waals surface area (Å²) in [5.74, 6) is 3.24. The van der Waals surface area contributed by atoms with E-state index in [0.29, 0.717) is 6.79 Å². The average molecular weight is 289 g/mol. The van der Waals surface area contributed by atoms with E-state index in [9.17, 15) is 0 Å². The van der Waals surface area contributed by atoms with Crippen LogP contribution in [0.15, 0.2) is 18.2 Å². The molecule has 0 saturated heterocycles. The van der Waals surface area contributed by atoms with Crippen LogP contribution in [-0.2, 0) is 13.5 Å². The highest BCUT2D eigenvalue weighted by atomic mass is 16.7. The number of nitrogens with zero attached hydrogens (tertiary/aromatic N) is 4. The number of benzene rings is 1. The quantitative estimate of drug-likeness (QED) is 0.894. The summed E-state index contributed by atoms with van der Waals surface area (Å²) < 4.78 is 12.8. The van der Waals surface area contributed by atoms with Crippen LogP contribution in [0.1, 0.15) is 5.56 Å². The van der Waals surface area contributed by atoms with Gasteiger partial charge in [-0.05, 0) is 18.1 Å². The zero-order valence-corrected chi connectivity index (χ0v) is 12.5.